The first kappa shape index (κ1) is 38.4. The average Bonchev–Trinajstić information content (AvgIpc) is 3.75. The quantitative estimate of drug-likeness (QED) is 0.0833. The summed E-state index contributed by atoms with van der Waals surface area (Å²) < 4.78 is 20.8. The van der Waals surface area contributed by atoms with Crippen molar-refractivity contribution in [1.29, 1.82) is 0 Å². The number of hydrogen-bond acceptors (Lipinski definition) is 10. The SMILES string of the molecule is O=C(NCc1cccc(-c2cccc([C@@H]3O[C@H](CSc4nnnn4-c4ccc(O)cc4)C[C@H](c4ccc(CO)cc4)O3)c2)c1)Nc1ccc(Oc2ccccc2)cc1. The minimum atomic E-state index is -0.664. The van der Waals surface area contributed by atoms with Gasteiger partial charge in [-0.05, 0) is 111 Å². The van der Waals surface area contributed by atoms with Crippen LogP contribution in [0.5, 0.6) is 17.2 Å². The van der Waals surface area contributed by atoms with E-state index in [9.17, 15) is 15.0 Å². The summed E-state index contributed by atoms with van der Waals surface area (Å²) in [7, 11) is 0. The number of anilines is 1. The van der Waals surface area contributed by atoms with Gasteiger partial charge in [-0.1, -0.05) is 90.6 Å². The molecule has 292 valence electrons. The van der Waals surface area contributed by atoms with Gasteiger partial charge in [0.15, 0.2) is 6.29 Å². The maximum absolute atomic E-state index is 12.8. The zero-order valence-corrected chi connectivity index (χ0v) is 32.0. The van der Waals surface area contributed by atoms with Crippen molar-refractivity contribution in [2.75, 3.05) is 11.1 Å². The van der Waals surface area contributed by atoms with Gasteiger partial charge >= 0.3 is 6.03 Å². The molecule has 4 N–H and O–H groups in total. The van der Waals surface area contributed by atoms with Crippen LogP contribution in [0.1, 0.15) is 41.1 Å². The second kappa shape index (κ2) is 18.2. The molecule has 1 aliphatic heterocycles. The van der Waals surface area contributed by atoms with Gasteiger partial charge < -0.3 is 35.1 Å². The minimum absolute atomic E-state index is 0.0374. The first-order chi connectivity index (χ1) is 28.5. The number of nitrogens with zero attached hydrogens (tertiary/aromatic N) is 4. The number of hydrogen-bond donors (Lipinski definition) is 4. The van der Waals surface area contributed by atoms with Crippen LogP contribution in [0.25, 0.3) is 16.8 Å². The molecule has 7 aromatic rings. The van der Waals surface area contributed by atoms with Crippen LogP contribution in [-0.2, 0) is 22.6 Å². The molecule has 1 fully saturated rings. The Hall–Kier alpha value is -6.51. The van der Waals surface area contributed by atoms with Crippen LogP contribution in [0.15, 0.2) is 157 Å². The summed E-state index contributed by atoms with van der Waals surface area (Å²) in [6.45, 7) is 0.291. The number of carbonyl (C=O) groups excluding carboxylic acids is 1. The number of aliphatic hydroxyl groups is 1. The molecule has 3 atom stereocenters. The van der Waals surface area contributed by atoms with Crippen LogP contribution in [-0.4, -0.2) is 48.3 Å². The van der Waals surface area contributed by atoms with Gasteiger partial charge in [0.05, 0.1) is 24.5 Å². The number of amides is 2. The van der Waals surface area contributed by atoms with Crippen LogP contribution in [0.2, 0.25) is 0 Å². The molecule has 1 aromatic heterocycles. The number of phenolic OH excluding ortho intramolecular Hbond substituents is 1. The van der Waals surface area contributed by atoms with E-state index in [1.54, 1.807) is 41.1 Å². The van der Waals surface area contributed by atoms with Crippen molar-refractivity contribution in [1.82, 2.24) is 25.5 Å². The van der Waals surface area contributed by atoms with Crippen LogP contribution in [0.4, 0.5) is 10.5 Å². The van der Waals surface area contributed by atoms with Crippen molar-refractivity contribution in [2.24, 2.45) is 0 Å². The molecule has 2 heterocycles. The number of aromatic nitrogens is 4. The van der Waals surface area contributed by atoms with Crippen LogP contribution in [0, 0.1) is 0 Å². The van der Waals surface area contributed by atoms with E-state index in [4.69, 9.17) is 14.2 Å². The molecule has 0 radical (unpaired) electrons. The van der Waals surface area contributed by atoms with E-state index in [0.29, 0.717) is 35.3 Å². The number of nitrogens with one attached hydrogen (secondary N) is 2. The third-order valence-electron chi connectivity index (χ3n) is 9.51. The molecule has 0 unspecified atom stereocenters. The molecule has 0 spiro atoms. The number of aliphatic hydroxyl groups excluding tert-OH is 1. The molecule has 13 heteroatoms. The molecule has 58 heavy (non-hydrogen) atoms. The Labute approximate surface area is 339 Å². The average molecular weight is 793 g/mol. The lowest BCUT2D eigenvalue weighted by atomic mass is 9.99. The van der Waals surface area contributed by atoms with Gasteiger partial charge in [0.1, 0.15) is 17.2 Å². The lowest BCUT2D eigenvalue weighted by Crippen LogP contribution is -2.31. The van der Waals surface area contributed by atoms with E-state index >= 15 is 0 Å². The minimum Gasteiger partial charge on any atom is -0.508 e. The number of phenols is 1. The number of thioether (sulfide) groups is 1. The number of tetrazole rings is 1. The number of ether oxygens (including phenoxy) is 3. The Morgan fingerprint density at radius 3 is 2.29 bits per heavy atom. The summed E-state index contributed by atoms with van der Waals surface area (Å²) in [5.74, 6) is 2.13. The Kier molecular flexibility index (Phi) is 12.0. The van der Waals surface area contributed by atoms with E-state index in [1.807, 2.05) is 103 Å². The second-order valence-electron chi connectivity index (χ2n) is 13.6. The summed E-state index contributed by atoms with van der Waals surface area (Å²) >= 11 is 1.48. The Bertz CT molecular complexity index is 2430. The number of benzene rings is 6. The van der Waals surface area contributed by atoms with Crippen molar-refractivity contribution < 1.29 is 29.2 Å². The molecule has 12 nitrogen and oxygen atoms in total. The highest BCUT2D eigenvalue weighted by molar-refractivity contribution is 7.99. The highest BCUT2D eigenvalue weighted by Gasteiger charge is 2.33. The lowest BCUT2D eigenvalue weighted by Gasteiger charge is -2.36. The largest absolute Gasteiger partial charge is 0.508 e. The first-order valence-corrected chi connectivity index (χ1v) is 19.7. The lowest BCUT2D eigenvalue weighted by molar-refractivity contribution is -0.245. The van der Waals surface area contributed by atoms with Gasteiger partial charge in [-0.25, -0.2) is 4.79 Å². The maximum Gasteiger partial charge on any atom is 0.319 e. The summed E-state index contributed by atoms with van der Waals surface area (Å²) in [5.41, 5.74) is 6.95. The van der Waals surface area contributed by atoms with Crippen molar-refractivity contribution in [3.05, 3.63) is 174 Å². The predicted molar refractivity (Wildman–Crippen MR) is 221 cm³/mol. The molecule has 1 aliphatic rings. The Morgan fingerprint density at radius 1 is 0.776 bits per heavy atom. The highest BCUT2D eigenvalue weighted by Crippen LogP contribution is 2.40. The zero-order valence-electron chi connectivity index (χ0n) is 31.2. The fourth-order valence-corrected chi connectivity index (χ4v) is 7.44. The number of aromatic hydroxyl groups is 1. The van der Waals surface area contributed by atoms with Crippen molar-refractivity contribution in [2.45, 2.75) is 43.2 Å². The van der Waals surface area contributed by atoms with Gasteiger partial charge in [0.25, 0.3) is 0 Å². The summed E-state index contributed by atoms with van der Waals surface area (Å²) in [5, 5.41) is 38.1. The fourth-order valence-electron chi connectivity index (χ4n) is 6.53. The van der Waals surface area contributed by atoms with Crippen molar-refractivity contribution >= 4 is 23.5 Å². The third-order valence-corrected chi connectivity index (χ3v) is 10.6. The van der Waals surface area contributed by atoms with Gasteiger partial charge in [0, 0.05) is 30.0 Å². The molecule has 6 aromatic carbocycles. The Morgan fingerprint density at radius 2 is 1.52 bits per heavy atom. The molecule has 8 rings (SSSR count). The molecule has 1 saturated heterocycles. The van der Waals surface area contributed by atoms with E-state index in [0.717, 1.165) is 44.8 Å². The Balaban J connectivity index is 0.933. The molecule has 0 saturated carbocycles. The summed E-state index contributed by atoms with van der Waals surface area (Å²) in [6.07, 6.45) is -0.558. The molecule has 0 aliphatic carbocycles. The topological polar surface area (TPSA) is 153 Å². The van der Waals surface area contributed by atoms with Gasteiger partial charge in [-0.3, -0.25) is 0 Å². The van der Waals surface area contributed by atoms with E-state index in [1.165, 1.54) is 11.8 Å². The zero-order chi connectivity index (χ0) is 39.7. The molecule has 2 amide bonds. The van der Waals surface area contributed by atoms with E-state index < -0.39 is 6.29 Å². The molecular formula is C45H40N6O6S. The van der Waals surface area contributed by atoms with Gasteiger partial charge in [-0.15, -0.1) is 5.10 Å². The number of para-hydroxylation sites is 1. The maximum atomic E-state index is 12.8. The third kappa shape index (κ3) is 9.71. The van der Waals surface area contributed by atoms with Crippen LogP contribution in [0.3, 0.4) is 0 Å². The van der Waals surface area contributed by atoms with E-state index in [2.05, 4.69) is 38.3 Å². The number of rotatable bonds is 13. The van der Waals surface area contributed by atoms with Crippen molar-refractivity contribution in [3.63, 3.8) is 0 Å². The van der Waals surface area contributed by atoms with E-state index in [-0.39, 0.29) is 30.6 Å². The predicted octanol–water partition coefficient (Wildman–Crippen LogP) is 8.98. The summed E-state index contributed by atoms with van der Waals surface area (Å²) in [6, 6.07) is 47.0. The normalized spacial score (nSPS) is 16.4. The van der Waals surface area contributed by atoms with Crippen molar-refractivity contribution in [3.8, 4) is 34.1 Å². The second-order valence-corrected chi connectivity index (χ2v) is 14.6. The smallest absolute Gasteiger partial charge is 0.319 e. The van der Waals surface area contributed by atoms with Crippen LogP contribution < -0.4 is 15.4 Å². The number of urea groups is 1. The van der Waals surface area contributed by atoms with Crippen LogP contribution >= 0.6 is 11.8 Å². The molecule has 0 bridgehead atoms. The monoisotopic (exact) mass is 792 g/mol. The highest BCUT2D eigenvalue weighted by atomic mass is 32.2. The number of carbonyl (C=O) groups is 1. The summed E-state index contributed by atoms with van der Waals surface area (Å²) in [4.78, 5) is 12.8. The molecular weight excluding hydrogens is 753 g/mol. The first-order valence-electron chi connectivity index (χ1n) is 18.7. The van der Waals surface area contributed by atoms with Gasteiger partial charge in [0.2, 0.25) is 5.16 Å². The fraction of sp³-hybridized carbons (Fsp3) is 0.156. The standard InChI is InChI=1S/C45H40N6O6S/c52-28-30-12-14-32(15-13-30)42-26-41(29-58-45-48-49-50-51(45)37-18-20-38(53)21-19-37)56-43(57-42)35-9-5-8-34(25-35)33-7-4-6-31(24-33)27-46-44(54)47-36-16-22-40(23-17-36)55-39-10-2-1-3-11-39/h1-25,41-43,52-53H,26-29H2,(H2,46,47,54)/t41-,42+,43+/m0/s1. The van der Waals surface area contributed by atoms with Gasteiger partial charge in [-0.2, -0.15) is 4.68 Å².